The topological polar surface area (TPSA) is 103 Å². The molecule has 1 heterocycles. The third-order valence-corrected chi connectivity index (χ3v) is 5.27. The van der Waals surface area contributed by atoms with Crippen molar-refractivity contribution in [3.05, 3.63) is 80.2 Å². The summed E-state index contributed by atoms with van der Waals surface area (Å²) < 4.78 is 0.895. The van der Waals surface area contributed by atoms with Crippen LogP contribution < -0.4 is 16.7 Å². The Hall–Kier alpha value is -2.55. The summed E-state index contributed by atoms with van der Waals surface area (Å²) in [5, 5.41) is 11.3. The maximum atomic E-state index is 12.4. The van der Waals surface area contributed by atoms with Crippen molar-refractivity contribution in [2.45, 2.75) is 11.6 Å². The first-order valence-electron chi connectivity index (χ1n) is 8.10. The third kappa shape index (κ3) is 4.83. The van der Waals surface area contributed by atoms with Gasteiger partial charge in [-0.1, -0.05) is 71.4 Å². The second-order valence-electron chi connectivity index (χ2n) is 5.70. The van der Waals surface area contributed by atoms with Crippen molar-refractivity contribution in [1.82, 2.24) is 14.9 Å². The molecule has 3 aromatic rings. The SMILES string of the molecule is Nn1c(SCC(=O)Nc2c(Cl)cccc2Cl)nnc(Cc2ccccc2)c1=O. The van der Waals surface area contributed by atoms with Crippen molar-refractivity contribution in [2.24, 2.45) is 0 Å². The zero-order chi connectivity index (χ0) is 20.1. The summed E-state index contributed by atoms with van der Waals surface area (Å²) in [6, 6.07) is 14.3. The van der Waals surface area contributed by atoms with E-state index in [1.165, 1.54) is 0 Å². The fourth-order valence-electron chi connectivity index (χ4n) is 2.34. The number of carbonyl (C=O) groups is 1. The molecule has 1 aromatic heterocycles. The highest BCUT2D eigenvalue weighted by Gasteiger charge is 2.14. The highest BCUT2D eigenvalue weighted by Crippen LogP contribution is 2.30. The molecule has 0 spiro atoms. The molecule has 0 saturated carbocycles. The molecule has 0 radical (unpaired) electrons. The van der Waals surface area contributed by atoms with Crippen LogP contribution in [0.3, 0.4) is 0 Å². The van der Waals surface area contributed by atoms with Gasteiger partial charge in [-0.2, -0.15) is 4.68 Å². The fraction of sp³-hybridized carbons (Fsp3) is 0.111. The van der Waals surface area contributed by atoms with Crippen LogP contribution in [0.4, 0.5) is 5.69 Å². The second kappa shape index (κ2) is 9.09. The molecule has 10 heteroatoms. The average Bonchev–Trinajstić information content (AvgIpc) is 2.69. The molecule has 7 nitrogen and oxygen atoms in total. The first-order valence-corrected chi connectivity index (χ1v) is 9.84. The molecule has 28 heavy (non-hydrogen) atoms. The number of hydrogen-bond acceptors (Lipinski definition) is 6. The zero-order valence-corrected chi connectivity index (χ0v) is 16.8. The van der Waals surface area contributed by atoms with E-state index in [1.807, 2.05) is 30.3 Å². The summed E-state index contributed by atoms with van der Waals surface area (Å²) in [7, 11) is 0. The maximum Gasteiger partial charge on any atom is 0.294 e. The van der Waals surface area contributed by atoms with Gasteiger partial charge in [0, 0.05) is 6.42 Å². The molecule has 0 aliphatic rings. The Kier molecular flexibility index (Phi) is 6.56. The largest absolute Gasteiger partial charge is 0.334 e. The van der Waals surface area contributed by atoms with Gasteiger partial charge in [0.05, 0.1) is 21.5 Å². The van der Waals surface area contributed by atoms with Crippen molar-refractivity contribution in [1.29, 1.82) is 0 Å². The number of anilines is 1. The molecule has 0 atom stereocenters. The number of halogens is 2. The number of nitrogens with two attached hydrogens (primary N) is 1. The first-order chi connectivity index (χ1) is 13.5. The van der Waals surface area contributed by atoms with Crippen LogP contribution >= 0.6 is 35.0 Å². The molecular formula is C18H15Cl2N5O2S. The Morgan fingerprint density at radius 3 is 2.43 bits per heavy atom. The van der Waals surface area contributed by atoms with Crippen LogP contribution in [-0.4, -0.2) is 26.5 Å². The number of carbonyl (C=O) groups excluding carboxylic acids is 1. The summed E-state index contributed by atoms with van der Waals surface area (Å²) in [5.74, 6) is 5.41. The van der Waals surface area contributed by atoms with Gasteiger partial charge in [-0.25, -0.2) is 0 Å². The molecule has 3 N–H and O–H groups in total. The van der Waals surface area contributed by atoms with Crippen molar-refractivity contribution in [3.8, 4) is 0 Å². The number of nitrogen functional groups attached to an aromatic ring is 1. The van der Waals surface area contributed by atoms with Gasteiger partial charge in [-0.3, -0.25) is 9.59 Å². The number of rotatable bonds is 6. The van der Waals surface area contributed by atoms with Crippen LogP contribution in [-0.2, 0) is 11.2 Å². The van der Waals surface area contributed by atoms with Crippen molar-refractivity contribution >= 4 is 46.6 Å². The van der Waals surface area contributed by atoms with Crippen LogP contribution in [0, 0.1) is 0 Å². The molecule has 1 amide bonds. The van der Waals surface area contributed by atoms with E-state index >= 15 is 0 Å². The summed E-state index contributed by atoms with van der Waals surface area (Å²) in [5.41, 5.74) is 1.01. The van der Waals surface area contributed by atoms with Crippen LogP contribution in [0.2, 0.25) is 10.0 Å². The van der Waals surface area contributed by atoms with Gasteiger partial charge in [0.15, 0.2) is 0 Å². The third-order valence-electron chi connectivity index (χ3n) is 3.70. The van der Waals surface area contributed by atoms with Gasteiger partial charge < -0.3 is 11.2 Å². The number of benzene rings is 2. The summed E-state index contributed by atoms with van der Waals surface area (Å²) in [4.78, 5) is 24.6. The molecule has 0 bridgehead atoms. The predicted molar refractivity (Wildman–Crippen MR) is 112 cm³/mol. The van der Waals surface area contributed by atoms with E-state index in [2.05, 4.69) is 15.5 Å². The minimum absolute atomic E-state index is 0.0507. The quantitative estimate of drug-likeness (QED) is 0.455. The van der Waals surface area contributed by atoms with E-state index in [4.69, 9.17) is 29.0 Å². The van der Waals surface area contributed by atoms with Gasteiger partial charge >= 0.3 is 0 Å². The van der Waals surface area contributed by atoms with Crippen molar-refractivity contribution in [2.75, 3.05) is 16.9 Å². The standard InChI is InChI=1S/C18H15Cl2N5O2S/c19-12-7-4-8-13(20)16(12)22-15(26)10-28-18-24-23-14(17(27)25(18)21)9-11-5-2-1-3-6-11/h1-8H,9-10,21H2,(H,22,26). The molecule has 144 valence electrons. The highest BCUT2D eigenvalue weighted by molar-refractivity contribution is 7.99. The van der Waals surface area contributed by atoms with E-state index in [0.717, 1.165) is 22.0 Å². The normalized spacial score (nSPS) is 10.6. The Morgan fingerprint density at radius 1 is 1.07 bits per heavy atom. The lowest BCUT2D eigenvalue weighted by Crippen LogP contribution is -2.34. The second-order valence-corrected chi connectivity index (χ2v) is 7.46. The Balaban J connectivity index is 1.67. The minimum Gasteiger partial charge on any atom is -0.334 e. The Labute approximate surface area is 174 Å². The number of amides is 1. The summed E-state index contributed by atoms with van der Waals surface area (Å²) >= 11 is 13.0. The lowest BCUT2D eigenvalue weighted by atomic mass is 10.1. The Bertz CT molecular complexity index is 1040. The van der Waals surface area contributed by atoms with Gasteiger partial charge in [-0.05, 0) is 17.7 Å². The molecule has 0 aliphatic carbocycles. The lowest BCUT2D eigenvalue weighted by molar-refractivity contribution is -0.113. The number of para-hydroxylation sites is 1. The number of nitrogens with one attached hydrogen (secondary N) is 1. The first kappa shape index (κ1) is 20.2. The number of nitrogens with zero attached hydrogens (tertiary/aromatic N) is 3. The molecule has 3 rings (SSSR count). The van der Waals surface area contributed by atoms with Gasteiger partial charge in [0.1, 0.15) is 5.69 Å². The van der Waals surface area contributed by atoms with Crippen LogP contribution in [0.1, 0.15) is 11.3 Å². The summed E-state index contributed by atoms with van der Waals surface area (Å²) in [6.45, 7) is 0. The van der Waals surface area contributed by atoms with Gasteiger partial charge in [0.25, 0.3) is 5.56 Å². The molecule has 2 aromatic carbocycles. The van der Waals surface area contributed by atoms with E-state index in [-0.39, 0.29) is 22.5 Å². The lowest BCUT2D eigenvalue weighted by Gasteiger charge is -2.10. The van der Waals surface area contributed by atoms with Crippen molar-refractivity contribution in [3.63, 3.8) is 0 Å². The molecule has 0 fully saturated rings. The van der Waals surface area contributed by atoms with Gasteiger partial charge in [-0.15, -0.1) is 10.2 Å². The number of hydrogen-bond donors (Lipinski definition) is 2. The summed E-state index contributed by atoms with van der Waals surface area (Å²) in [6.07, 6.45) is 0.320. The van der Waals surface area contributed by atoms with E-state index < -0.39 is 5.56 Å². The van der Waals surface area contributed by atoms with Crippen LogP contribution in [0.15, 0.2) is 58.5 Å². The van der Waals surface area contributed by atoms with Crippen LogP contribution in [0.5, 0.6) is 0 Å². The average molecular weight is 436 g/mol. The molecule has 0 unspecified atom stereocenters. The highest BCUT2D eigenvalue weighted by atomic mass is 35.5. The zero-order valence-electron chi connectivity index (χ0n) is 14.4. The van der Waals surface area contributed by atoms with E-state index in [0.29, 0.717) is 22.2 Å². The minimum atomic E-state index is -0.462. The molecular weight excluding hydrogens is 421 g/mol. The maximum absolute atomic E-state index is 12.4. The van der Waals surface area contributed by atoms with Crippen molar-refractivity contribution < 1.29 is 4.79 Å². The molecule has 0 aliphatic heterocycles. The smallest absolute Gasteiger partial charge is 0.294 e. The van der Waals surface area contributed by atoms with E-state index in [9.17, 15) is 9.59 Å². The fourth-order valence-corrected chi connectivity index (χ4v) is 3.49. The van der Waals surface area contributed by atoms with Gasteiger partial charge in [0.2, 0.25) is 11.1 Å². The Morgan fingerprint density at radius 2 is 1.75 bits per heavy atom. The number of aromatic nitrogens is 3. The number of thioether (sulfide) groups is 1. The van der Waals surface area contributed by atoms with E-state index in [1.54, 1.807) is 18.2 Å². The predicted octanol–water partition coefficient (Wildman–Crippen LogP) is 2.98. The molecule has 0 saturated heterocycles. The van der Waals surface area contributed by atoms with Crippen LogP contribution in [0.25, 0.3) is 0 Å². The monoisotopic (exact) mass is 435 g/mol.